The lowest BCUT2D eigenvalue weighted by Gasteiger charge is -2.34. The normalized spacial score (nSPS) is 17.1. The highest BCUT2D eigenvalue weighted by molar-refractivity contribution is 6.33. The van der Waals surface area contributed by atoms with E-state index in [2.05, 4.69) is 15.5 Å². The van der Waals surface area contributed by atoms with Gasteiger partial charge in [-0.25, -0.2) is 4.39 Å². The molecule has 138 valence electrons. The van der Waals surface area contributed by atoms with Crippen molar-refractivity contribution in [1.82, 2.24) is 10.2 Å². The van der Waals surface area contributed by atoms with E-state index in [-0.39, 0.29) is 28.8 Å². The zero-order valence-electron chi connectivity index (χ0n) is 14.6. The molecule has 0 spiro atoms. The van der Waals surface area contributed by atoms with E-state index in [0.29, 0.717) is 25.3 Å². The lowest BCUT2D eigenvalue weighted by molar-refractivity contribution is -0.127. The number of nitrogens with zero attached hydrogens (tertiary/aromatic N) is 1. The average molecular weight is 370 g/mol. The fourth-order valence-corrected chi connectivity index (χ4v) is 3.15. The summed E-state index contributed by atoms with van der Waals surface area (Å²) in [6.45, 7) is 5.93. The summed E-state index contributed by atoms with van der Waals surface area (Å²) in [5.41, 5.74) is 0.397. The molecule has 0 saturated carbocycles. The molecule has 2 N–H and O–H groups in total. The van der Waals surface area contributed by atoms with Crippen molar-refractivity contribution >= 4 is 29.1 Å². The van der Waals surface area contributed by atoms with E-state index in [4.69, 9.17) is 11.6 Å². The van der Waals surface area contributed by atoms with Crippen molar-refractivity contribution in [1.29, 1.82) is 0 Å². The van der Waals surface area contributed by atoms with E-state index in [1.54, 1.807) is 0 Å². The summed E-state index contributed by atoms with van der Waals surface area (Å²) >= 11 is 5.95. The van der Waals surface area contributed by atoms with E-state index in [1.165, 1.54) is 18.2 Å². The molecule has 1 aliphatic heterocycles. The lowest BCUT2D eigenvalue weighted by atomic mass is 9.95. The molecule has 0 aromatic heterocycles. The van der Waals surface area contributed by atoms with Crippen LogP contribution in [0.25, 0.3) is 0 Å². The Bertz CT molecular complexity index is 618. The number of likely N-dealkylation sites (tertiary alicyclic amines) is 1. The molecule has 1 aliphatic rings. The Morgan fingerprint density at radius 3 is 2.64 bits per heavy atom. The van der Waals surface area contributed by atoms with Gasteiger partial charge in [0, 0.05) is 12.5 Å². The molecule has 1 saturated heterocycles. The molecule has 1 fully saturated rings. The van der Waals surface area contributed by atoms with Gasteiger partial charge < -0.3 is 10.6 Å². The van der Waals surface area contributed by atoms with Crippen molar-refractivity contribution in [3.05, 3.63) is 29.0 Å². The van der Waals surface area contributed by atoms with Gasteiger partial charge in [-0.1, -0.05) is 18.5 Å². The Morgan fingerprint density at radius 2 is 2.04 bits per heavy atom. The van der Waals surface area contributed by atoms with Crippen molar-refractivity contribution in [3.8, 4) is 0 Å². The fraction of sp³-hybridized carbons (Fsp3) is 0.556. The molecular formula is C18H25ClFN3O2. The third kappa shape index (κ3) is 5.41. The highest BCUT2D eigenvalue weighted by atomic mass is 35.5. The molecule has 0 bridgehead atoms. The zero-order valence-corrected chi connectivity index (χ0v) is 15.4. The van der Waals surface area contributed by atoms with Crippen molar-refractivity contribution in [2.45, 2.75) is 39.2 Å². The first-order valence-electron chi connectivity index (χ1n) is 8.70. The minimum Gasteiger partial charge on any atom is -0.356 e. The summed E-state index contributed by atoms with van der Waals surface area (Å²) < 4.78 is 13.1. The number of hydrogen-bond donors (Lipinski definition) is 2. The van der Waals surface area contributed by atoms with Gasteiger partial charge in [0.2, 0.25) is 11.8 Å². The third-order valence-electron chi connectivity index (χ3n) is 4.57. The van der Waals surface area contributed by atoms with Crippen LogP contribution in [0.1, 0.15) is 33.1 Å². The van der Waals surface area contributed by atoms with Crippen LogP contribution >= 0.6 is 11.6 Å². The highest BCUT2D eigenvalue weighted by Gasteiger charge is 2.29. The lowest BCUT2D eigenvalue weighted by Crippen LogP contribution is -2.48. The Balaban J connectivity index is 1.86. The molecule has 0 radical (unpaired) electrons. The standard InChI is InChI=1S/C18H25ClFN3O2/c1-3-8-21-18(25)13-6-9-23(10-7-13)12(2)17(24)22-16-5-4-14(20)11-15(16)19/h4-5,11-13H,3,6-10H2,1-2H3,(H,21,25)(H,22,24)/t12-/m1/s1. The molecule has 2 amide bonds. The third-order valence-corrected chi connectivity index (χ3v) is 4.88. The van der Waals surface area contributed by atoms with Crippen LogP contribution in [-0.4, -0.2) is 42.4 Å². The number of halogens is 2. The van der Waals surface area contributed by atoms with Crippen LogP contribution in [0.15, 0.2) is 18.2 Å². The molecule has 1 atom stereocenters. The van der Waals surface area contributed by atoms with Crippen LogP contribution in [0.2, 0.25) is 5.02 Å². The van der Waals surface area contributed by atoms with Crippen LogP contribution in [-0.2, 0) is 9.59 Å². The van der Waals surface area contributed by atoms with Gasteiger partial charge in [0.15, 0.2) is 0 Å². The molecule has 2 rings (SSSR count). The second kappa shape index (κ2) is 9.15. The van der Waals surface area contributed by atoms with E-state index in [9.17, 15) is 14.0 Å². The van der Waals surface area contributed by atoms with Gasteiger partial charge in [-0.2, -0.15) is 0 Å². The molecule has 0 unspecified atom stereocenters. The van der Waals surface area contributed by atoms with Crippen molar-refractivity contribution in [3.63, 3.8) is 0 Å². The number of piperidine rings is 1. The molecule has 0 aliphatic carbocycles. The number of anilines is 1. The molecule has 1 aromatic rings. The van der Waals surface area contributed by atoms with Gasteiger partial charge in [-0.3, -0.25) is 14.5 Å². The van der Waals surface area contributed by atoms with Gasteiger partial charge in [-0.15, -0.1) is 0 Å². The van der Waals surface area contributed by atoms with E-state index < -0.39 is 5.82 Å². The van der Waals surface area contributed by atoms with Gasteiger partial charge in [0.1, 0.15) is 5.82 Å². The second-order valence-electron chi connectivity index (χ2n) is 6.39. The van der Waals surface area contributed by atoms with Crippen molar-refractivity contribution < 1.29 is 14.0 Å². The smallest absolute Gasteiger partial charge is 0.241 e. The highest BCUT2D eigenvalue weighted by Crippen LogP contribution is 2.24. The minimum atomic E-state index is -0.445. The first kappa shape index (κ1) is 19.7. The SMILES string of the molecule is CCCNC(=O)C1CCN([C@H](C)C(=O)Nc2ccc(F)cc2Cl)CC1. The molecule has 1 aromatic carbocycles. The maximum Gasteiger partial charge on any atom is 0.241 e. The minimum absolute atomic E-state index is 0.0182. The topological polar surface area (TPSA) is 61.4 Å². The number of hydrogen-bond acceptors (Lipinski definition) is 3. The van der Waals surface area contributed by atoms with Crippen LogP contribution < -0.4 is 10.6 Å². The Morgan fingerprint density at radius 1 is 1.36 bits per heavy atom. The predicted octanol–water partition coefficient (Wildman–Crippen LogP) is 3.04. The number of rotatable bonds is 6. The average Bonchev–Trinajstić information content (AvgIpc) is 2.61. The van der Waals surface area contributed by atoms with Crippen LogP contribution in [0.4, 0.5) is 10.1 Å². The summed E-state index contributed by atoms with van der Waals surface area (Å²) in [4.78, 5) is 26.5. The summed E-state index contributed by atoms with van der Waals surface area (Å²) in [7, 11) is 0. The van der Waals surface area contributed by atoms with Crippen LogP contribution in [0.5, 0.6) is 0 Å². The first-order chi connectivity index (χ1) is 11.9. The number of benzene rings is 1. The van der Waals surface area contributed by atoms with Gasteiger partial charge in [0.05, 0.1) is 16.8 Å². The van der Waals surface area contributed by atoms with Crippen LogP contribution in [0, 0.1) is 11.7 Å². The van der Waals surface area contributed by atoms with Gasteiger partial charge >= 0.3 is 0 Å². The fourth-order valence-electron chi connectivity index (χ4n) is 2.94. The Kier molecular flexibility index (Phi) is 7.20. The molecule has 1 heterocycles. The van der Waals surface area contributed by atoms with Crippen molar-refractivity contribution in [2.24, 2.45) is 5.92 Å². The number of carbonyl (C=O) groups is 2. The van der Waals surface area contributed by atoms with Crippen LogP contribution in [0.3, 0.4) is 0 Å². The maximum atomic E-state index is 13.1. The summed E-state index contributed by atoms with van der Waals surface area (Å²) in [6, 6.07) is 3.53. The van der Waals surface area contributed by atoms with Crippen molar-refractivity contribution in [2.75, 3.05) is 25.0 Å². The second-order valence-corrected chi connectivity index (χ2v) is 6.80. The molecule has 5 nitrogen and oxygen atoms in total. The Hall–Kier alpha value is -1.66. The maximum absolute atomic E-state index is 13.1. The molecule has 7 heteroatoms. The monoisotopic (exact) mass is 369 g/mol. The first-order valence-corrected chi connectivity index (χ1v) is 9.07. The quantitative estimate of drug-likeness (QED) is 0.810. The van der Waals surface area contributed by atoms with E-state index in [1.807, 2.05) is 13.8 Å². The molecule has 25 heavy (non-hydrogen) atoms. The summed E-state index contributed by atoms with van der Waals surface area (Å²) in [5, 5.41) is 5.84. The predicted molar refractivity (Wildman–Crippen MR) is 97.1 cm³/mol. The Labute approximate surface area is 152 Å². The largest absolute Gasteiger partial charge is 0.356 e. The summed E-state index contributed by atoms with van der Waals surface area (Å²) in [6.07, 6.45) is 2.41. The van der Waals surface area contributed by atoms with E-state index >= 15 is 0 Å². The number of nitrogens with one attached hydrogen (secondary N) is 2. The summed E-state index contributed by atoms with van der Waals surface area (Å²) in [5.74, 6) is -0.511. The van der Waals surface area contributed by atoms with E-state index in [0.717, 1.165) is 19.3 Å². The molecular weight excluding hydrogens is 345 g/mol. The number of carbonyl (C=O) groups excluding carboxylic acids is 2. The van der Waals surface area contributed by atoms with Gasteiger partial charge in [0.25, 0.3) is 0 Å². The van der Waals surface area contributed by atoms with Gasteiger partial charge in [-0.05, 0) is 57.5 Å². The number of amides is 2. The zero-order chi connectivity index (χ0) is 18.4.